The third-order valence-corrected chi connectivity index (χ3v) is 3.99. The monoisotopic (exact) mass is 426 g/mol. The van der Waals surface area contributed by atoms with Gasteiger partial charge in [-0.15, -0.1) is 0 Å². The number of nitrogens with one attached hydrogen (secondary N) is 1. The van der Waals surface area contributed by atoms with E-state index in [1.807, 2.05) is 0 Å². The van der Waals surface area contributed by atoms with Crippen molar-refractivity contribution in [2.24, 2.45) is 5.73 Å². The lowest BCUT2D eigenvalue weighted by atomic mass is 9.91. The smallest absolute Gasteiger partial charge is 0.412 e. The maximum absolute atomic E-state index is 13.9. The van der Waals surface area contributed by atoms with Crippen LogP contribution in [0.25, 0.3) is 11.3 Å². The van der Waals surface area contributed by atoms with Gasteiger partial charge in [0.1, 0.15) is 23.8 Å². The molecule has 0 unspecified atom stereocenters. The largest absolute Gasteiger partial charge is 0.490 e. The van der Waals surface area contributed by atoms with Crippen LogP contribution in [-0.4, -0.2) is 41.0 Å². The van der Waals surface area contributed by atoms with Crippen molar-refractivity contribution in [3.8, 4) is 17.0 Å². The van der Waals surface area contributed by atoms with Crippen molar-refractivity contribution in [1.29, 1.82) is 0 Å². The number of methoxy groups -OCH3 is 1. The Labute approximate surface area is 172 Å². The summed E-state index contributed by atoms with van der Waals surface area (Å²) in [5.41, 5.74) is 3.75. The van der Waals surface area contributed by atoms with Gasteiger partial charge in [-0.2, -0.15) is 0 Å². The fourth-order valence-electron chi connectivity index (χ4n) is 2.98. The molecule has 2 aromatic heterocycles. The van der Waals surface area contributed by atoms with E-state index < -0.39 is 23.7 Å². The van der Waals surface area contributed by atoms with Crippen LogP contribution in [0.1, 0.15) is 39.2 Å². The summed E-state index contributed by atoms with van der Waals surface area (Å²) >= 11 is 0. The maximum atomic E-state index is 13.9. The molecule has 0 aliphatic carbocycles. The van der Waals surface area contributed by atoms with Crippen molar-refractivity contribution >= 4 is 11.9 Å². The number of anilines is 1. The Hall–Kier alpha value is -2.88. The fourth-order valence-corrected chi connectivity index (χ4v) is 2.98. The van der Waals surface area contributed by atoms with Gasteiger partial charge in [-0.1, -0.05) is 0 Å². The van der Waals surface area contributed by atoms with Crippen molar-refractivity contribution < 1.29 is 27.4 Å². The van der Waals surface area contributed by atoms with Gasteiger partial charge in [0, 0.05) is 18.2 Å². The molecule has 0 radical (unpaired) electrons. The molecule has 3 N–H and O–H groups in total. The van der Waals surface area contributed by atoms with Crippen molar-refractivity contribution in [3.05, 3.63) is 36.2 Å². The van der Waals surface area contributed by atoms with Gasteiger partial charge in [0.15, 0.2) is 0 Å². The number of hydrogen-bond donors (Lipinski definition) is 2. The minimum atomic E-state index is -2.84. The molecule has 0 saturated heterocycles. The summed E-state index contributed by atoms with van der Waals surface area (Å²) < 4.78 is 51.1. The van der Waals surface area contributed by atoms with Crippen LogP contribution in [0.3, 0.4) is 0 Å². The molecule has 0 aliphatic rings. The van der Waals surface area contributed by atoms with Crippen molar-refractivity contribution in [2.75, 3.05) is 19.0 Å². The Morgan fingerprint density at radius 3 is 2.57 bits per heavy atom. The van der Waals surface area contributed by atoms with Crippen LogP contribution in [0.15, 0.2) is 30.6 Å². The summed E-state index contributed by atoms with van der Waals surface area (Å²) in [4.78, 5) is 19.4. The zero-order valence-electron chi connectivity index (χ0n) is 17.2. The zero-order chi connectivity index (χ0) is 22.5. The van der Waals surface area contributed by atoms with Crippen LogP contribution in [0.5, 0.6) is 5.75 Å². The number of halogens is 3. The van der Waals surface area contributed by atoms with E-state index in [1.54, 1.807) is 13.0 Å². The molecule has 7 nitrogen and oxygen atoms in total. The summed E-state index contributed by atoms with van der Waals surface area (Å²) in [5, 5.41) is 2.39. The first-order chi connectivity index (χ1) is 13.9. The predicted molar refractivity (Wildman–Crippen MR) is 106 cm³/mol. The molecule has 2 heterocycles. The second-order valence-electron chi connectivity index (χ2n) is 7.79. The molecule has 0 bridgehead atoms. The van der Waals surface area contributed by atoms with E-state index in [0.29, 0.717) is 5.56 Å². The molecule has 2 rings (SSSR count). The number of hydrogen-bond acceptors (Lipinski definition) is 6. The lowest BCUT2D eigenvalue weighted by molar-refractivity contribution is 0.116. The lowest BCUT2D eigenvalue weighted by Crippen LogP contribution is -2.46. The van der Waals surface area contributed by atoms with Gasteiger partial charge in [0.25, 0.3) is 6.43 Å². The number of alkyl halides is 3. The topological polar surface area (TPSA) is 99.4 Å². The first-order valence-corrected chi connectivity index (χ1v) is 9.10. The fraction of sp³-hybridized carbons (Fsp3) is 0.450. The highest BCUT2D eigenvalue weighted by atomic mass is 19.3. The van der Waals surface area contributed by atoms with Crippen LogP contribution in [-0.2, 0) is 4.74 Å². The Kier molecular flexibility index (Phi) is 7.25. The standard InChI is InChI=1S/C20H25F3N4O3/c1-19(2,23)10-20(3,24)11-30-15-9-26-14(8-13(15)17(21)22)12-5-6-25-16(7-12)27-18(28)29-4/h5-9,17H,10-11,24H2,1-4H3,(H,25,27,28)/t20-/m0/s1. The molecule has 30 heavy (non-hydrogen) atoms. The molecule has 2 aromatic rings. The number of nitrogens with two attached hydrogens (primary N) is 1. The van der Waals surface area contributed by atoms with E-state index in [0.717, 1.165) is 0 Å². The number of rotatable bonds is 8. The van der Waals surface area contributed by atoms with E-state index in [4.69, 9.17) is 10.5 Å². The number of aromatic nitrogens is 2. The lowest BCUT2D eigenvalue weighted by Gasteiger charge is -2.30. The summed E-state index contributed by atoms with van der Waals surface area (Å²) in [7, 11) is 1.20. The number of carbonyl (C=O) groups is 1. The SMILES string of the molecule is COC(=O)Nc1cc(-c2cc(C(F)F)c(OC[C@@](C)(N)CC(C)(C)F)cn2)ccn1. The van der Waals surface area contributed by atoms with Crippen LogP contribution in [0, 0.1) is 0 Å². The zero-order valence-corrected chi connectivity index (χ0v) is 17.2. The van der Waals surface area contributed by atoms with E-state index in [2.05, 4.69) is 20.0 Å². The van der Waals surface area contributed by atoms with Gasteiger partial charge >= 0.3 is 6.09 Å². The third kappa shape index (κ3) is 6.87. The van der Waals surface area contributed by atoms with E-state index in [9.17, 15) is 18.0 Å². The van der Waals surface area contributed by atoms with Crippen LogP contribution >= 0.6 is 0 Å². The normalized spacial score (nSPS) is 13.6. The Balaban J connectivity index is 2.25. The molecule has 0 aromatic carbocycles. The summed E-state index contributed by atoms with van der Waals surface area (Å²) in [6.45, 7) is 4.20. The minimum Gasteiger partial charge on any atom is -0.490 e. The van der Waals surface area contributed by atoms with Crippen LogP contribution in [0.4, 0.5) is 23.8 Å². The van der Waals surface area contributed by atoms with Crippen molar-refractivity contribution in [1.82, 2.24) is 9.97 Å². The molecule has 1 atom stereocenters. The molecule has 0 spiro atoms. The Bertz CT molecular complexity index is 886. The number of nitrogens with zero attached hydrogens (tertiary/aromatic N) is 2. The summed E-state index contributed by atoms with van der Waals surface area (Å²) in [6, 6.07) is 4.21. The number of ether oxygens (including phenoxy) is 2. The molecular weight excluding hydrogens is 401 g/mol. The maximum Gasteiger partial charge on any atom is 0.412 e. The molecule has 164 valence electrons. The highest BCUT2D eigenvalue weighted by Gasteiger charge is 2.30. The van der Waals surface area contributed by atoms with Gasteiger partial charge in [0.05, 0.1) is 30.1 Å². The Morgan fingerprint density at radius 1 is 1.27 bits per heavy atom. The number of pyridine rings is 2. The summed E-state index contributed by atoms with van der Waals surface area (Å²) in [5.74, 6) is 0.0388. The van der Waals surface area contributed by atoms with Gasteiger partial charge < -0.3 is 15.2 Å². The quantitative estimate of drug-likeness (QED) is 0.645. The average molecular weight is 426 g/mol. The van der Waals surface area contributed by atoms with E-state index in [-0.39, 0.29) is 35.9 Å². The van der Waals surface area contributed by atoms with Gasteiger partial charge in [-0.05, 0) is 39.0 Å². The van der Waals surface area contributed by atoms with Gasteiger partial charge in [-0.3, -0.25) is 10.3 Å². The second-order valence-corrected chi connectivity index (χ2v) is 7.79. The van der Waals surface area contributed by atoms with Crippen LogP contribution in [0.2, 0.25) is 0 Å². The van der Waals surface area contributed by atoms with E-state index in [1.165, 1.54) is 45.5 Å². The van der Waals surface area contributed by atoms with Crippen molar-refractivity contribution in [2.45, 2.75) is 44.8 Å². The molecule has 0 saturated carbocycles. The highest BCUT2D eigenvalue weighted by Crippen LogP contribution is 2.33. The highest BCUT2D eigenvalue weighted by molar-refractivity contribution is 5.84. The third-order valence-electron chi connectivity index (χ3n) is 3.99. The van der Waals surface area contributed by atoms with Gasteiger partial charge in [-0.25, -0.2) is 22.9 Å². The minimum absolute atomic E-state index is 0.0114. The molecule has 0 aliphatic heterocycles. The average Bonchev–Trinajstić information content (AvgIpc) is 2.64. The molecule has 0 fully saturated rings. The first kappa shape index (κ1) is 23.4. The first-order valence-electron chi connectivity index (χ1n) is 9.10. The number of carbonyl (C=O) groups excluding carboxylic acids is 1. The molecule has 10 heteroatoms. The van der Waals surface area contributed by atoms with Crippen molar-refractivity contribution in [3.63, 3.8) is 0 Å². The van der Waals surface area contributed by atoms with E-state index >= 15 is 0 Å². The molecule has 1 amide bonds. The second kappa shape index (κ2) is 9.29. The Morgan fingerprint density at radius 2 is 1.97 bits per heavy atom. The summed E-state index contributed by atoms with van der Waals surface area (Å²) in [6.07, 6.45) is -0.999. The molecular formula is C20H25F3N4O3. The predicted octanol–water partition coefficient (Wildman–Crippen LogP) is 4.49. The van der Waals surface area contributed by atoms with Crippen LogP contribution < -0.4 is 15.8 Å². The van der Waals surface area contributed by atoms with Gasteiger partial charge in [0.2, 0.25) is 0 Å². The number of amides is 1.